The Bertz CT molecular complexity index is 1090. The monoisotopic (exact) mass is 497 g/mol. The highest BCUT2D eigenvalue weighted by atomic mass is 35.5. The molecule has 0 heterocycles. The summed E-state index contributed by atoms with van der Waals surface area (Å²) in [5.41, 5.74) is 0.961. The van der Waals surface area contributed by atoms with E-state index in [1.165, 1.54) is 38.3 Å². The van der Waals surface area contributed by atoms with Crippen molar-refractivity contribution in [1.29, 1.82) is 0 Å². The molecule has 2 rings (SSSR count). The third-order valence-corrected chi connectivity index (χ3v) is 6.41. The number of halogens is 1. The number of nitrogens with one attached hydrogen (secondary N) is 1. The summed E-state index contributed by atoms with van der Waals surface area (Å²) in [6.07, 6.45) is 1.00. The van der Waals surface area contributed by atoms with E-state index in [4.69, 9.17) is 21.1 Å². The number of hydrogen-bond donors (Lipinski definition) is 1. The van der Waals surface area contributed by atoms with Gasteiger partial charge in [-0.15, -0.1) is 0 Å². The van der Waals surface area contributed by atoms with Crippen LogP contribution in [0.25, 0.3) is 0 Å². The summed E-state index contributed by atoms with van der Waals surface area (Å²) in [5.74, 6) is -0.206. The van der Waals surface area contributed by atoms with Gasteiger partial charge in [0.1, 0.15) is 12.6 Å². The Kier molecular flexibility index (Phi) is 8.95. The van der Waals surface area contributed by atoms with E-state index in [2.05, 4.69) is 5.32 Å². The number of anilines is 1. The zero-order chi connectivity index (χ0) is 24.8. The Balaban J connectivity index is 2.42. The van der Waals surface area contributed by atoms with E-state index in [0.29, 0.717) is 16.5 Å². The van der Waals surface area contributed by atoms with Gasteiger partial charge in [-0.3, -0.25) is 13.9 Å². The second kappa shape index (κ2) is 11.2. The quantitative estimate of drug-likeness (QED) is 0.540. The second-order valence-corrected chi connectivity index (χ2v) is 9.59. The van der Waals surface area contributed by atoms with Crippen molar-refractivity contribution in [2.45, 2.75) is 19.5 Å². The fraction of sp³-hybridized carbons (Fsp3) is 0.364. The molecule has 2 aromatic carbocycles. The van der Waals surface area contributed by atoms with E-state index in [1.54, 1.807) is 37.3 Å². The van der Waals surface area contributed by atoms with Gasteiger partial charge >= 0.3 is 0 Å². The lowest BCUT2D eigenvalue weighted by atomic mass is 10.1. The molecular formula is C22H28ClN3O6S. The third-order valence-electron chi connectivity index (χ3n) is 5.01. The van der Waals surface area contributed by atoms with Gasteiger partial charge in [0.15, 0.2) is 11.5 Å². The lowest BCUT2D eigenvalue weighted by Gasteiger charge is -2.31. The maximum absolute atomic E-state index is 13.3. The van der Waals surface area contributed by atoms with Crippen LogP contribution < -0.4 is 19.1 Å². The maximum atomic E-state index is 13.3. The molecule has 33 heavy (non-hydrogen) atoms. The Morgan fingerprint density at radius 3 is 2.18 bits per heavy atom. The summed E-state index contributed by atoms with van der Waals surface area (Å²) >= 11 is 5.94. The van der Waals surface area contributed by atoms with Gasteiger partial charge in [0, 0.05) is 24.7 Å². The number of benzene rings is 2. The largest absolute Gasteiger partial charge is 0.493 e. The van der Waals surface area contributed by atoms with Crippen LogP contribution in [0.3, 0.4) is 0 Å². The summed E-state index contributed by atoms with van der Waals surface area (Å²) in [4.78, 5) is 27.0. The molecule has 9 nitrogen and oxygen atoms in total. The first-order valence-electron chi connectivity index (χ1n) is 9.97. The van der Waals surface area contributed by atoms with Crippen molar-refractivity contribution in [1.82, 2.24) is 10.2 Å². The molecule has 0 aliphatic rings. The Hall–Kier alpha value is -2.98. The molecule has 2 aromatic rings. The zero-order valence-electron chi connectivity index (χ0n) is 19.2. The number of nitrogens with zero attached hydrogens (tertiary/aromatic N) is 2. The molecular weight excluding hydrogens is 470 g/mol. The summed E-state index contributed by atoms with van der Waals surface area (Å²) in [6, 6.07) is 10.5. The van der Waals surface area contributed by atoms with Crippen molar-refractivity contribution < 1.29 is 27.5 Å². The number of amides is 2. The molecule has 180 valence electrons. The minimum absolute atomic E-state index is 0.0914. The van der Waals surface area contributed by atoms with Crippen LogP contribution in [0.2, 0.25) is 5.02 Å². The number of carbonyl (C=O) groups is 2. The average molecular weight is 498 g/mol. The molecule has 1 N–H and O–H groups in total. The van der Waals surface area contributed by atoms with Crippen LogP contribution in [-0.2, 0) is 26.2 Å². The van der Waals surface area contributed by atoms with E-state index in [-0.39, 0.29) is 18.1 Å². The van der Waals surface area contributed by atoms with Gasteiger partial charge in [0.2, 0.25) is 21.8 Å². The minimum Gasteiger partial charge on any atom is -0.493 e. The van der Waals surface area contributed by atoms with Gasteiger partial charge in [-0.05, 0) is 36.8 Å². The SMILES string of the molecule is CNC(=O)C(C)N(Cc1ccc(Cl)cc1)C(=O)CN(c1ccc(OC)c(OC)c1)S(C)(=O)=O. The van der Waals surface area contributed by atoms with Gasteiger partial charge in [-0.2, -0.15) is 0 Å². The molecule has 0 bridgehead atoms. The predicted molar refractivity (Wildman–Crippen MR) is 127 cm³/mol. The summed E-state index contributed by atoms with van der Waals surface area (Å²) in [5, 5.41) is 3.06. The first kappa shape index (κ1) is 26.3. The van der Waals surface area contributed by atoms with Crippen molar-refractivity contribution >= 4 is 39.1 Å². The number of rotatable bonds is 10. The zero-order valence-corrected chi connectivity index (χ0v) is 20.7. The molecule has 1 unspecified atom stereocenters. The van der Waals surface area contributed by atoms with Crippen LogP contribution in [-0.4, -0.2) is 65.2 Å². The van der Waals surface area contributed by atoms with Crippen LogP contribution in [0, 0.1) is 0 Å². The second-order valence-electron chi connectivity index (χ2n) is 7.25. The van der Waals surface area contributed by atoms with Crippen molar-refractivity contribution in [3.63, 3.8) is 0 Å². The van der Waals surface area contributed by atoms with Crippen LogP contribution >= 0.6 is 11.6 Å². The fourth-order valence-electron chi connectivity index (χ4n) is 3.17. The van der Waals surface area contributed by atoms with Crippen LogP contribution in [0.15, 0.2) is 42.5 Å². The van der Waals surface area contributed by atoms with Gasteiger partial charge in [0.25, 0.3) is 0 Å². The number of hydrogen-bond acceptors (Lipinski definition) is 6. The molecule has 0 aliphatic heterocycles. The summed E-state index contributed by atoms with van der Waals surface area (Å²) in [6.45, 7) is 1.16. The summed E-state index contributed by atoms with van der Waals surface area (Å²) < 4.78 is 36.6. The molecule has 0 aromatic heterocycles. The van der Waals surface area contributed by atoms with E-state index in [0.717, 1.165) is 16.1 Å². The van der Waals surface area contributed by atoms with E-state index in [9.17, 15) is 18.0 Å². The number of sulfonamides is 1. The highest BCUT2D eigenvalue weighted by molar-refractivity contribution is 7.92. The van der Waals surface area contributed by atoms with Gasteiger partial charge < -0.3 is 19.7 Å². The number of likely N-dealkylation sites (N-methyl/N-ethyl adjacent to an activating group) is 1. The molecule has 2 amide bonds. The molecule has 0 aliphatic carbocycles. The standard InChI is InChI=1S/C22H28ClN3O6S/c1-15(22(28)24-2)25(13-16-6-8-17(23)9-7-16)21(27)14-26(33(5,29)30)18-10-11-19(31-3)20(12-18)32-4/h6-12,15H,13-14H2,1-5H3,(H,24,28). The maximum Gasteiger partial charge on any atom is 0.244 e. The molecule has 1 atom stereocenters. The van der Waals surface area contributed by atoms with Gasteiger partial charge in [0.05, 0.1) is 26.2 Å². The Morgan fingerprint density at radius 2 is 1.67 bits per heavy atom. The lowest BCUT2D eigenvalue weighted by molar-refractivity contribution is -0.139. The van der Waals surface area contributed by atoms with Gasteiger partial charge in [-0.25, -0.2) is 8.42 Å². The first-order chi connectivity index (χ1) is 15.5. The van der Waals surface area contributed by atoms with Crippen molar-refractivity contribution in [3.8, 4) is 11.5 Å². The highest BCUT2D eigenvalue weighted by Crippen LogP contribution is 2.32. The smallest absolute Gasteiger partial charge is 0.244 e. The van der Waals surface area contributed by atoms with Crippen LogP contribution in [0.4, 0.5) is 5.69 Å². The van der Waals surface area contributed by atoms with E-state index in [1.807, 2.05) is 0 Å². The molecule has 0 fully saturated rings. The van der Waals surface area contributed by atoms with Crippen molar-refractivity contribution in [3.05, 3.63) is 53.1 Å². The molecule has 0 saturated carbocycles. The van der Waals surface area contributed by atoms with Crippen molar-refractivity contribution in [2.24, 2.45) is 0 Å². The minimum atomic E-state index is -3.85. The average Bonchev–Trinajstić information content (AvgIpc) is 2.79. The predicted octanol–water partition coefficient (Wildman–Crippen LogP) is 2.29. The van der Waals surface area contributed by atoms with Gasteiger partial charge in [-0.1, -0.05) is 23.7 Å². The van der Waals surface area contributed by atoms with Crippen molar-refractivity contribution in [2.75, 3.05) is 38.4 Å². The highest BCUT2D eigenvalue weighted by Gasteiger charge is 2.30. The lowest BCUT2D eigenvalue weighted by Crippen LogP contribution is -2.50. The molecule has 11 heteroatoms. The first-order valence-corrected chi connectivity index (χ1v) is 12.2. The van der Waals surface area contributed by atoms with Crippen LogP contribution in [0.1, 0.15) is 12.5 Å². The normalized spacial score (nSPS) is 11.9. The Morgan fingerprint density at radius 1 is 1.06 bits per heavy atom. The van der Waals surface area contributed by atoms with Crippen LogP contribution in [0.5, 0.6) is 11.5 Å². The fourth-order valence-corrected chi connectivity index (χ4v) is 4.14. The number of ether oxygens (including phenoxy) is 2. The van der Waals surface area contributed by atoms with E-state index < -0.39 is 28.5 Å². The molecule has 0 radical (unpaired) electrons. The Labute approximate surface area is 199 Å². The topological polar surface area (TPSA) is 105 Å². The molecule has 0 saturated heterocycles. The number of carbonyl (C=O) groups excluding carboxylic acids is 2. The van der Waals surface area contributed by atoms with E-state index >= 15 is 0 Å². The third kappa shape index (κ3) is 6.75. The summed E-state index contributed by atoms with van der Waals surface area (Å²) in [7, 11) is 0.508. The number of methoxy groups -OCH3 is 2. The molecule has 0 spiro atoms.